The van der Waals surface area contributed by atoms with Crippen molar-refractivity contribution in [3.05, 3.63) is 29.3 Å². The molecule has 1 aromatic carbocycles. The van der Waals surface area contributed by atoms with E-state index in [-0.39, 0.29) is 12.5 Å². The zero-order chi connectivity index (χ0) is 15.1. The number of hydrogen-bond acceptors (Lipinski definition) is 4. The number of benzene rings is 1. The third-order valence-electron chi connectivity index (χ3n) is 2.96. The molecule has 0 aliphatic carbocycles. The van der Waals surface area contributed by atoms with Crippen molar-refractivity contribution < 1.29 is 14.3 Å². The fourth-order valence-corrected chi connectivity index (χ4v) is 1.92. The molecule has 2 N–H and O–H groups in total. The van der Waals surface area contributed by atoms with E-state index >= 15 is 0 Å². The predicted molar refractivity (Wildman–Crippen MR) is 78.4 cm³/mol. The van der Waals surface area contributed by atoms with Crippen LogP contribution in [0.25, 0.3) is 0 Å². The van der Waals surface area contributed by atoms with E-state index in [0.717, 1.165) is 12.0 Å². The van der Waals surface area contributed by atoms with Gasteiger partial charge in [0, 0.05) is 12.2 Å². The Morgan fingerprint density at radius 3 is 2.60 bits per heavy atom. The van der Waals surface area contributed by atoms with Crippen LogP contribution in [0.2, 0.25) is 0 Å². The highest BCUT2D eigenvalue weighted by Gasteiger charge is 2.21. The molecule has 5 nitrogen and oxygen atoms in total. The molecule has 0 aliphatic heterocycles. The quantitative estimate of drug-likeness (QED) is 0.638. The first kappa shape index (κ1) is 16.0. The molecule has 1 aromatic rings. The third-order valence-corrected chi connectivity index (χ3v) is 2.96. The second kappa shape index (κ2) is 7.53. The summed E-state index contributed by atoms with van der Waals surface area (Å²) in [5.41, 5.74) is 7.69. The van der Waals surface area contributed by atoms with Gasteiger partial charge in [-0.25, -0.2) is 0 Å². The number of nitrogens with zero attached hydrogens (tertiary/aromatic N) is 1. The van der Waals surface area contributed by atoms with E-state index in [1.54, 1.807) is 19.1 Å². The largest absolute Gasteiger partial charge is 0.465 e. The first-order chi connectivity index (χ1) is 9.51. The van der Waals surface area contributed by atoms with E-state index in [1.165, 1.54) is 4.90 Å². The van der Waals surface area contributed by atoms with Crippen molar-refractivity contribution in [2.45, 2.75) is 27.2 Å². The van der Waals surface area contributed by atoms with Crippen LogP contribution in [0.15, 0.2) is 18.2 Å². The van der Waals surface area contributed by atoms with Gasteiger partial charge in [0.05, 0.1) is 12.2 Å². The highest BCUT2D eigenvalue weighted by Crippen LogP contribution is 2.18. The molecule has 20 heavy (non-hydrogen) atoms. The van der Waals surface area contributed by atoms with E-state index < -0.39 is 5.97 Å². The number of nitrogens with two attached hydrogens (primary N) is 1. The molecule has 110 valence electrons. The second-order valence-corrected chi connectivity index (χ2v) is 4.57. The lowest BCUT2D eigenvalue weighted by atomic mass is 10.1. The van der Waals surface area contributed by atoms with Crippen LogP contribution in [0.4, 0.5) is 5.69 Å². The van der Waals surface area contributed by atoms with Crippen molar-refractivity contribution >= 4 is 17.6 Å². The topological polar surface area (TPSA) is 72.6 Å². The molecule has 0 saturated heterocycles. The van der Waals surface area contributed by atoms with Crippen molar-refractivity contribution in [1.29, 1.82) is 0 Å². The van der Waals surface area contributed by atoms with E-state index in [9.17, 15) is 9.59 Å². The Morgan fingerprint density at radius 1 is 1.30 bits per heavy atom. The van der Waals surface area contributed by atoms with Gasteiger partial charge < -0.3 is 15.4 Å². The van der Waals surface area contributed by atoms with Crippen molar-refractivity contribution in [3.63, 3.8) is 0 Å². The van der Waals surface area contributed by atoms with Gasteiger partial charge in [0.2, 0.25) is 0 Å². The summed E-state index contributed by atoms with van der Waals surface area (Å²) in [6, 6.07) is 5.31. The average Bonchev–Trinajstić information content (AvgIpc) is 2.41. The van der Waals surface area contributed by atoms with Gasteiger partial charge in [-0.2, -0.15) is 0 Å². The second-order valence-electron chi connectivity index (χ2n) is 4.57. The number of nitrogen functional groups attached to an aromatic ring is 1. The average molecular weight is 278 g/mol. The molecule has 0 atom stereocenters. The standard InChI is InChI=1S/C15H22N2O3/c1-4-9-17(10-13(18)20-5-2)15(19)12-8-6-7-11(3)14(12)16/h6-8H,4-5,9-10,16H2,1-3H3. The molecule has 0 spiro atoms. The molecule has 0 aromatic heterocycles. The summed E-state index contributed by atoms with van der Waals surface area (Å²) >= 11 is 0. The molecule has 0 radical (unpaired) electrons. The summed E-state index contributed by atoms with van der Waals surface area (Å²) in [6.07, 6.45) is 0.761. The zero-order valence-electron chi connectivity index (χ0n) is 12.3. The van der Waals surface area contributed by atoms with Crippen LogP contribution in [0, 0.1) is 6.92 Å². The number of hydrogen-bond donors (Lipinski definition) is 1. The van der Waals surface area contributed by atoms with Crippen LogP contribution in [0.3, 0.4) is 0 Å². The Kier molecular flexibility index (Phi) is 6.03. The maximum Gasteiger partial charge on any atom is 0.325 e. The van der Waals surface area contributed by atoms with Gasteiger partial charge in [0.1, 0.15) is 6.54 Å². The zero-order valence-corrected chi connectivity index (χ0v) is 12.3. The molecular formula is C15H22N2O3. The van der Waals surface area contributed by atoms with Crippen molar-refractivity contribution in [2.75, 3.05) is 25.4 Å². The minimum absolute atomic E-state index is 0.0477. The van der Waals surface area contributed by atoms with Crippen molar-refractivity contribution in [3.8, 4) is 0 Å². The number of carbonyl (C=O) groups excluding carboxylic acids is 2. The number of para-hydroxylation sites is 1. The summed E-state index contributed by atoms with van der Waals surface area (Å²) in [5.74, 6) is -0.637. The highest BCUT2D eigenvalue weighted by molar-refractivity contribution is 6.00. The normalized spacial score (nSPS) is 10.2. The van der Waals surface area contributed by atoms with Gasteiger partial charge in [-0.15, -0.1) is 0 Å². The van der Waals surface area contributed by atoms with Gasteiger partial charge in [0.15, 0.2) is 0 Å². The van der Waals surface area contributed by atoms with Gasteiger partial charge >= 0.3 is 5.97 Å². The van der Waals surface area contributed by atoms with Crippen LogP contribution < -0.4 is 5.73 Å². The number of carbonyl (C=O) groups is 2. The number of anilines is 1. The number of aryl methyl sites for hydroxylation is 1. The Bertz CT molecular complexity index is 486. The minimum Gasteiger partial charge on any atom is -0.465 e. The van der Waals surface area contributed by atoms with Crippen LogP contribution in [0.5, 0.6) is 0 Å². The summed E-state index contributed by atoms with van der Waals surface area (Å²) in [7, 11) is 0. The fourth-order valence-electron chi connectivity index (χ4n) is 1.92. The highest BCUT2D eigenvalue weighted by atomic mass is 16.5. The maximum absolute atomic E-state index is 12.5. The lowest BCUT2D eigenvalue weighted by Gasteiger charge is -2.22. The maximum atomic E-state index is 12.5. The lowest BCUT2D eigenvalue weighted by Crippen LogP contribution is -2.37. The molecule has 0 aliphatic rings. The van der Waals surface area contributed by atoms with Crippen molar-refractivity contribution in [1.82, 2.24) is 4.90 Å². The summed E-state index contributed by atoms with van der Waals surface area (Å²) in [4.78, 5) is 25.5. The van der Waals surface area contributed by atoms with Gasteiger partial charge in [-0.3, -0.25) is 9.59 Å². The SMILES string of the molecule is CCCN(CC(=O)OCC)C(=O)c1cccc(C)c1N. The molecule has 1 amide bonds. The molecule has 1 rings (SSSR count). The summed E-state index contributed by atoms with van der Waals surface area (Å²) < 4.78 is 4.89. The molecule has 0 fully saturated rings. The van der Waals surface area contributed by atoms with E-state index in [4.69, 9.17) is 10.5 Å². The number of rotatable bonds is 6. The summed E-state index contributed by atoms with van der Waals surface area (Å²) in [6.45, 7) is 6.29. The monoisotopic (exact) mass is 278 g/mol. The van der Waals surface area contributed by atoms with E-state index in [1.807, 2.05) is 19.9 Å². The number of esters is 1. The predicted octanol–water partition coefficient (Wildman–Crippen LogP) is 1.99. The van der Waals surface area contributed by atoms with Crippen molar-refractivity contribution in [2.24, 2.45) is 0 Å². The van der Waals surface area contributed by atoms with E-state index in [2.05, 4.69) is 0 Å². The fraction of sp³-hybridized carbons (Fsp3) is 0.467. The molecule has 0 unspecified atom stereocenters. The minimum atomic E-state index is -0.402. The number of amides is 1. The molecule has 0 bridgehead atoms. The molecule has 5 heteroatoms. The Labute approximate surface area is 119 Å². The Balaban J connectivity index is 2.93. The van der Waals surface area contributed by atoms with E-state index in [0.29, 0.717) is 24.4 Å². The molecule has 0 heterocycles. The van der Waals surface area contributed by atoms with Crippen LogP contribution in [-0.4, -0.2) is 36.5 Å². The molecule has 0 saturated carbocycles. The first-order valence-electron chi connectivity index (χ1n) is 6.81. The van der Waals surface area contributed by atoms with Gasteiger partial charge in [-0.05, 0) is 31.9 Å². The first-order valence-corrected chi connectivity index (χ1v) is 6.81. The number of ether oxygens (including phenoxy) is 1. The molecular weight excluding hydrogens is 256 g/mol. The Morgan fingerprint density at radius 2 is 2.00 bits per heavy atom. The van der Waals surface area contributed by atoms with Crippen LogP contribution >= 0.6 is 0 Å². The van der Waals surface area contributed by atoms with Crippen LogP contribution in [0.1, 0.15) is 36.2 Å². The third kappa shape index (κ3) is 3.98. The smallest absolute Gasteiger partial charge is 0.325 e. The van der Waals surface area contributed by atoms with Gasteiger partial charge in [0.25, 0.3) is 5.91 Å². The summed E-state index contributed by atoms with van der Waals surface area (Å²) in [5, 5.41) is 0. The van der Waals surface area contributed by atoms with Gasteiger partial charge in [-0.1, -0.05) is 19.1 Å². The van der Waals surface area contributed by atoms with Crippen LogP contribution in [-0.2, 0) is 9.53 Å². The Hall–Kier alpha value is -2.04. The lowest BCUT2D eigenvalue weighted by molar-refractivity contribution is -0.143.